The zero-order chi connectivity index (χ0) is 13.8. The summed E-state index contributed by atoms with van der Waals surface area (Å²) < 4.78 is 10.1. The fourth-order valence-electron chi connectivity index (χ4n) is 1.65. The zero-order valence-corrected chi connectivity index (χ0v) is 10.8. The molecule has 6 nitrogen and oxygen atoms in total. The number of nitrogens with zero attached hydrogens (tertiary/aromatic N) is 1. The molecule has 2 aromatic heterocycles. The maximum Gasteiger partial charge on any atom is 0.340 e. The Morgan fingerprint density at radius 3 is 2.89 bits per heavy atom. The van der Waals surface area contributed by atoms with Crippen molar-refractivity contribution in [2.45, 2.75) is 13.5 Å². The predicted molar refractivity (Wildman–Crippen MR) is 70.8 cm³/mol. The van der Waals surface area contributed by atoms with E-state index in [-0.39, 0.29) is 11.3 Å². The number of esters is 1. The number of methoxy groups -OCH3 is 1. The number of carbonyl (C=O) groups excluding carboxylic acids is 1. The van der Waals surface area contributed by atoms with E-state index in [4.69, 9.17) is 10.2 Å². The molecule has 0 saturated heterocycles. The van der Waals surface area contributed by atoms with Crippen molar-refractivity contribution >= 4 is 17.5 Å². The summed E-state index contributed by atoms with van der Waals surface area (Å²) in [6.07, 6.45) is 1.50. The predicted octanol–water partition coefficient (Wildman–Crippen LogP) is 1.96. The van der Waals surface area contributed by atoms with Gasteiger partial charge in [-0.25, -0.2) is 9.78 Å². The number of anilines is 2. The molecular weight excluding hydrogens is 246 g/mol. The molecule has 19 heavy (non-hydrogen) atoms. The fraction of sp³-hybridized carbons (Fsp3) is 0.231. The van der Waals surface area contributed by atoms with Crippen LogP contribution >= 0.6 is 0 Å². The van der Waals surface area contributed by atoms with Crippen molar-refractivity contribution in [1.82, 2.24) is 4.98 Å². The third-order valence-corrected chi connectivity index (χ3v) is 2.62. The van der Waals surface area contributed by atoms with Gasteiger partial charge in [0, 0.05) is 6.20 Å². The Hall–Kier alpha value is -2.50. The number of ether oxygens (including phenoxy) is 1. The van der Waals surface area contributed by atoms with E-state index < -0.39 is 5.97 Å². The lowest BCUT2D eigenvalue weighted by Gasteiger charge is -2.09. The number of aryl methyl sites for hydroxylation is 1. The van der Waals surface area contributed by atoms with Gasteiger partial charge in [0.1, 0.15) is 17.3 Å². The Morgan fingerprint density at radius 2 is 2.26 bits per heavy atom. The van der Waals surface area contributed by atoms with Gasteiger partial charge in [-0.1, -0.05) is 0 Å². The van der Waals surface area contributed by atoms with E-state index in [0.29, 0.717) is 12.4 Å². The average molecular weight is 261 g/mol. The van der Waals surface area contributed by atoms with Gasteiger partial charge in [0.15, 0.2) is 0 Å². The number of nitrogens with two attached hydrogens (primary N) is 1. The smallest absolute Gasteiger partial charge is 0.340 e. The van der Waals surface area contributed by atoms with E-state index >= 15 is 0 Å². The normalized spacial score (nSPS) is 10.2. The molecule has 6 heteroatoms. The van der Waals surface area contributed by atoms with Crippen molar-refractivity contribution in [3.05, 3.63) is 41.5 Å². The molecule has 100 valence electrons. The summed E-state index contributed by atoms with van der Waals surface area (Å²) in [5.41, 5.74) is 6.42. The summed E-state index contributed by atoms with van der Waals surface area (Å²) in [5.74, 6) is 1.54. The molecule has 0 fully saturated rings. The van der Waals surface area contributed by atoms with Gasteiger partial charge in [-0.15, -0.1) is 0 Å². The number of nitrogens with one attached hydrogen (secondary N) is 1. The molecule has 0 bridgehead atoms. The van der Waals surface area contributed by atoms with Crippen LogP contribution in [0.15, 0.2) is 28.8 Å². The third-order valence-electron chi connectivity index (χ3n) is 2.62. The highest BCUT2D eigenvalue weighted by atomic mass is 16.5. The molecule has 2 heterocycles. The number of aromatic nitrogens is 1. The first kappa shape index (κ1) is 12.9. The Bertz CT molecular complexity index is 593. The van der Waals surface area contributed by atoms with Crippen LogP contribution in [0.3, 0.4) is 0 Å². The van der Waals surface area contributed by atoms with Crippen LogP contribution in [0, 0.1) is 6.92 Å². The monoisotopic (exact) mass is 261 g/mol. The maximum atomic E-state index is 11.5. The van der Waals surface area contributed by atoms with E-state index in [1.807, 2.05) is 19.1 Å². The molecule has 0 atom stereocenters. The van der Waals surface area contributed by atoms with Gasteiger partial charge in [0.2, 0.25) is 0 Å². The zero-order valence-electron chi connectivity index (χ0n) is 10.8. The van der Waals surface area contributed by atoms with E-state index in [1.54, 1.807) is 0 Å². The fourth-order valence-corrected chi connectivity index (χ4v) is 1.65. The molecule has 0 aliphatic carbocycles. The van der Waals surface area contributed by atoms with Crippen LogP contribution in [0.25, 0.3) is 0 Å². The third kappa shape index (κ3) is 2.85. The van der Waals surface area contributed by atoms with Crippen LogP contribution in [0.4, 0.5) is 11.5 Å². The van der Waals surface area contributed by atoms with Crippen LogP contribution in [0.5, 0.6) is 0 Å². The minimum Gasteiger partial charge on any atom is -0.465 e. The van der Waals surface area contributed by atoms with Crippen LogP contribution in [-0.2, 0) is 11.3 Å². The molecule has 0 saturated carbocycles. The lowest BCUT2D eigenvalue weighted by Crippen LogP contribution is -2.10. The van der Waals surface area contributed by atoms with Gasteiger partial charge < -0.3 is 20.2 Å². The minimum atomic E-state index is -0.489. The van der Waals surface area contributed by atoms with Crippen molar-refractivity contribution in [1.29, 1.82) is 0 Å². The van der Waals surface area contributed by atoms with Crippen molar-refractivity contribution in [3.8, 4) is 0 Å². The Morgan fingerprint density at radius 1 is 1.47 bits per heavy atom. The number of nitrogen functional groups attached to an aromatic ring is 1. The first-order valence-corrected chi connectivity index (χ1v) is 5.74. The van der Waals surface area contributed by atoms with Crippen LogP contribution in [-0.4, -0.2) is 18.1 Å². The highest BCUT2D eigenvalue weighted by Gasteiger charge is 2.13. The highest BCUT2D eigenvalue weighted by Crippen LogP contribution is 2.21. The number of hydrogen-bond donors (Lipinski definition) is 2. The van der Waals surface area contributed by atoms with Gasteiger partial charge in [-0.05, 0) is 25.1 Å². The van der Waals surface area contributed by atoms with E-state index in [1.165, 1.54) is 19.4 Å². The summed E-state index contributed by atoms with van der Waals surface area (Å²) in [6.45, 7) is 2.31. The van der Waals surface area contributed by atoms with Crippen LogP contribution in [0.1, 0.15) is 21.9 Å². The average Bonchev–Trinajstić information content (AvgIpc) is 2.82. The lowest BCUT2D eigenvalue weighted by atomic mass is 10.2. The Balaban J connectivity index is 2.14. The molecule has 0 spiro atoms. The van der Waals surface area contributed by atoms with Crippen molar-refractivity contribution < 1.29 is 13.9 Å². The topological polar surface area (TPSA) is 90.4 Å². The van der Waals surface area contributed by atoms with Gasteiger partial charge in [0.25, 0.3) is 0 Å². The Labute approximate surface area is 110 Å². The van der Waals surface area contributed by atoms with Gasteiger partial charge >= 0.3 is 5.97 Å². The SMILES string of the molecule is COC(=O)c1ccnc(NCc2ccc(C)o2)c1N. The van der Waals surface area contributed by atoms with Gasteiger partial charge in [-0.3, -0.25) is 0 Å². The second-order valence-corrected chi connectivity index (χ2v) is 3.98. The number of hydrogen-bond acceptors (Lipinski definition) is 6. The maximum absolute atomic E-state index is 11.5. The van der Waals surface area contributed by atoms with Gasteiger partial charge in [0.05, 0.1) is 24.9 Å². The van der Waals surface area contributed by atoms with Crippen molar-refractivity contribution in [3.63, 3.8) is 0 Å². The molecule has 0 radical (unpaired) electrons. The molecule has 0 aliphatic heterocycles. The summed E-state index contributed by atoms with van der Waals surface area (Å²) in [6, 6.07) is 5.25. The number of pyridine rings is 1. The largest absolute Gasteiger partial charge is 0.465 e. The summed E-state index contributed by atoms with van der Waals surface area (Å²) in [5, 5.41) is 3.02. The molecule has 2 rings (SSSR count). The van der Waals surface area contributed by atoms with Crippen LogP contribution < -0.4 is 11.1 Å². The Kier molecular flexibility index (Phi) is 3.70. The van der Waals surface area contributed by atoms with Gasteiger partial charge in [-0.2, -0.15) is 0 Å². The second-order valence-electron chi connectivity index (χ2n) is 3.98. The first-order valence-electron chi connectivity index (χ1n) is 5.74. The molecule has 0 amide bonds. The van der Waals surface area contributed by atoms with E-state index in [0.717, 1.165) is 11.5 Å². The standard InChI is InChI=1S/C13H15N3O3/c1-8-3-4-9(19-8)7-16-12-11(14)10(5-6-15-12)13(17)18-2/h3-6H,7,14H2,1-2H3,(H,15,16). The summed E-state index contributed by atoms with van der Waals surface area (Å²) >= 11 is 0. The second kappa shape index (κ2) is 5.43. The summed E-state index contributed by atoms with van der Waals surface area (Å²) in [7, 11) is 1.31. The quantitative estimate of drug-likeness (QED) is 0.818. The van der Waals surface area contributed by atoms with Crippen LogP contribution in [0.2, 0.25) is 0 Å². The molecule has 0 unspecified atom stereocenters. The first-order chi connectivity index (χ1) is 9.11. The number of furan rings is 1. The van der Waals surface area contributed by atoms with E-state index in [9.17, 15) is 4.79 Å². The molecule has 0 aliphatic rings. The molecule has 2 aromatic rings. The van der Waals surface area contributed by atoms with E-state index in [2.05, 4.69) is 15.0 Å². The summed E-state index contributed by atoms with van der Waals surface area (Å²) in [4.78, 5) is 15.6. The number of carbonyl (C=O) groups is 1. The molecular formula is C13H15N3O3. The highest BCUT2D eigenvalue weighted by molar-refractivity contribution is 5.97. The minimum absolute atomic E-state index is 0.262. The van der Waals surface area contributed by atoms with Crippen molar-refractivity contribution in [2.75, 3.05) is 18.2 Å². The lowest BCUT2D eigenvalue weighted by molar-refractivity contribution is 0.0602. The number of rotatable bonds is 4. The van der Waals surface area contributed by atoms with Crippen molar-refractivity contribution in [2.24, 2.45) is 0 Å². The molecule has 0 aromatic carbocycles. The molecule has 3 N–H and O–H groups in total.